The second kappa shape index (κ2) is 6.30. The van der Waals surface area contributed by atoms with Crippen molar-refractivity contribution in [1.82, 2.24) is 0 Å². The van der Waals surface area contributed by atoms with Crippen LogP contribution in [0.2, 0.25) is 0 Å². The SMILES string of the molecule is COC(=O)CC#Cc1ccc(OC)cc1C(=O)O. The molecule has 1 aromatic rings. The standard InChI is InChI=1S/C13H12O5/c1-17-10-7-6-9(11(8-10)13(15)16)4-3-5-12(14)18-2/h6-8H,5H2,1-2H3,(H,15,16). The molecular formula is C13H12O5. The molecule has 0 aliphatic heterocycles. The van der Waals surface area contributed by atoms with Crippen LogP contribution in [0.5, 0.6) is 5.75 Å². The molecule has 94 valence electrons. The largest absolute Gasteiger partial charge is 0.497 e. The first-order valence-electron chi connectivity index (χ1n) is 5.05. The van der Waals surface area contributed by atoms with Gasteiger partial charge in [0.1, 0.15) is 12.2 Å². The molecule has 0 amide bonds. The van der Waals surface area contributed by atoms with E-state index in [0.717, 1.165) is 0 Å². The van der Waals surface area contributed by atoms with Gasteiger partial charge in [-0.15, -0.1) is 0 Å². The Hall–Kier alpha value is -2.48. The smallest absolute Gasteiger partial charge is 0.337 e. The average Bonchev–Trinajstić information content (AvgIpc) is 2.38. The summed E-state index contributed by atoms with van der Waals surface area (Å²) in [5.74, 6) is 4.05. The monoisotopic (exact) mass is 248 g/mol. The molecule has 0 aromatic heterocycles. The van der Waals surface area contributed by atoms with Crippen molar-refractivity contribution in [3.63, 3.8) is 0 Å². The fourth-order valence-electron chi connectivity index (χ4n) is 1.22. The number of benzene rings is 1. The second-order valence-corrected chi connectivity index (χ2v) is 3.27. The minimum atomic E-state index is -1.10. The van der Waals surface area contributed by atoms with Gasteiger partial charge in [0.25, 0.3) is 0 Å². The molecule has 0 unspecified atom stereocenters. The van der Waals surface area contributed by atoms with Crippen molar-refractivity contribution in [2.45, 2.75) is 6.42 Å². The molecule has 0 radical (unpaired) electrons. The van der Waals surface area contributed by atoms with E-state index in [9.17, 15) is 9.59 Å². The molecule has 0 spiro atoms. The number of hydrogen-bond acceptors (Lipinski definition) is 4. The Morgan fingerprint density at radius 1 is 1.33 bits per heavy atom. The van der Waals surface area contributed by atoms with Gasteiger partial charge < -0.3 is 14.6 Å². The van der Waals surface area contributed by atoms with Crippen molar-refractivity contribution >= 4 is 11.9 Å². The number of methoxy groups -OCH3 is 2. The summed E-state index contributed by atoms with van der Waals surface area (Å²) in [4.78, 5) is 21.9. The third-order valence-corrected chi connectivity index (χ3v) is 2.14. The fraction of sp³-hybridized carbons (Fsp3) is 0.231. The summed E-state index contributed by atoms with van der Waals surface area (Å²) in [6.07, 6.45) is -0.0818. The highest BCUT2D eigenvalue weighted by molar-refractivity contribution is 5.91. The second-order valence-electron chi connectivity index (χ2n) is 3.27. The number of aromatic carboxylic acids is 1. The minimum Gasteiger partial charge on any atom is -0.497 e. The van der Waals surface area contributed by atoms with Crippen molar-refractivity contribution in [2.75, 3.05) is 14.2 Å². The highest BCUT2D eigenvalue weighted by Crippen LogP contribution is 2.17. The molecule has 18 heavy (non-hydrogen) atoms. The first-order valence-corrected chi connectivity index (χ1v) is 5.05. The zero-order chi connectivity index (χ0) is 13.5. The van der Waals surface area contributed by atoms with Crippen LogP contribution in [0.1, 0.15) is 22.3 Å². The highest BCUT2D eigenvalue weighted by Gasteiger charge is 2.09. The van der Waals surface area contributed by atoms with Crippen LogP contribution in [-0.4, -0.2) is 31.3 Å². The van der Waals surface area contributed by atoms with Crippen LogP contribution in [0.4, 0.5) is 0 Å². The summed E-state index contributed by atoms with van der Waals surface area (Å²) in [6, 6.07) is 4.52. The van der Waals surface area contributed by atoms with E-state index in [2.05, 4.69) is 16.6 Å². The van der Waals surface area contributed by atoms with Crippen molar-refractivity contribution in [2.24, 2.45) is 0 Å². The lowest BCUT2D eigenvalue weighted by atomic mass is 10.1. The van der Waals surface area contributed by atoms with Gasteiger partial charge in [0.05, 0.1) is 19.8 Å². The molecule has 1 aromatic carbocycles. The van der Waals surface area contributed by atoms with E-state index in [1.807, 2.05) is 0 Å². The summed E-state index contributed by atoms with van der Waals surface area (Å²) in [5.41, 5.74) is 0.360. The zero-order valence-corrected chi connectivity index (χ0v) is 10.0. The Kier molecular flexibility index (Phi) is 4.76. The molecule has 0 saturated carbocycles. The molecule has 1 N–H and O–H groups in total. The van der Waals surface area contributed by atoms with Gasteiger partial charge >= 0.3 is 11.9 Å². The maximum Gasteiger partial charge on any atom is 0.337 e. The van der Waals surface area contributed by atoms with E-state index in [0.29, 0.717) is 11.3 Å². The van der Waals surface area contributed by atoms with Crippen molar-refractivity contribution < 1.29 is 24.2 Å². The van der Waals surface area contributed by atoms with Gasteiger partial charge in [-0.3, -0.25) is 4.79 Å². The third-order valence-electron chi connectivity index (χ3n) is 2.14. The van der Waals surface area contributed by atoms with E-state index < -0.39 is 11.9 Å². The Bertz CT molecular complexity index is 522. The van der Waals surface area contributed by atoms with Gasteiger partial charge in [0.2, 0.25) is 0 Å². The van der Waals surface area contributed by atoms with Gasteiger partial charge in [-0.1, -0.05) is 11.8 Å². The summed E-state index contributed by atoms with van der Waals surface area (Å²) < 4.78 is 9.36. The molecule has 5 heteroatoms. The van der Waals surface area contributed by atoms with Crippen LogP contribution < -0.4 is 4.74 Å². The number of carbonyl (C=O) groups excluding carboxylic acids is 1. The molecule has 0 bridgehead atoms. The number of hydrogen-bond donors (Lipinski definition) is 1. The summed E-state index contributed by atoms with van der Waals surface area (Å²) in [6.45, 7) is 0. The zero-order valence-electron chi connectivity index (χ0n) is 10.0. The Morgan fingerprint density at radius 2 is 2.06 bits per heavy atom. The maximum atomic E-state index is 11.0. The molecule has 0 aliphatic carbocycles. The average molecular weight is 248 g/mol. The van der Waals surface area contributed by atoms with E-state index in [1.165, 1.54) is 26.4 Å². The Balaban J connectivity index is 3.01. The third kappa shape index (κ3) is 3.52. The number of carboxylic acids is 1. The summed E-state index contributed by atoms with van der Waals surface area (Å²) >= 11 is 0. The lowest BCUT2D eigenvalue weighted by molar-refractivity contribution is -0.139. The van der Waals surface area contributed by atoms with Gasteiger partial charge in [-0.25, -0.2) is 4.79 Å². The lowest BCUT2D eigenvalue weighted by Crippen LogP contribution is -2.01. The van der Waals surface area contributed by atoms with Crippen molar-refractivity contribution in [3.05, 3.63) is 29.3 Å². The molecular weight excluding hydrogens is 236 g/mol. The summed E-state index contributed by atoms with van der Waals surface area (Å²) in [7, 11) is 2.71. The number of carboxylic acid groups (broad SMARTS) is 1. The Morgan fingerprint density at radius 3 is 2.61 bits per heavy atom. The Labute approximate surface area is 104 Å². The number of ether oxygens (including phenoxy) is 2. The van der Waals surface area contributed by atoms with Gasteiger partial charge in [0.15, 0.2) is 0 Å². The predicted octanol–water partition coefficient (Wildman–Crippen LogP) is 1.31. The van der Waals surface area contributed by atoms with Crippen LogP contribution in [0.25, 0.3) is 0 Å². The minimum absolute atomic E-state index is 0.0340. The molecule has 0 heterocycles. The van der Waals surface area contributed by atoms with Crippen LogP contribution in [-0.2, 0) is 9.53 Å². The number of esters is 1. The van der Waals surface area contributed by atoms with Gasteiger partial charge in [0, 0.05) is 5.56 Å². The van der Waals surface area contributed by atoms with E-state index in [-0.39, 0.29) is 12.0 Å². The lowest BCUT2D eigenvalue weighted by Gasteiger charge is -2.03. The van der Waals surface area contributed by atoms with Gasteiger partial charge in [-0.05, 0) is 18.2 Å². The summed E-state index contributed by atoms with van der Waals surface area (Å²) in [5, 5.41) is 9.03. The molecule has 5 nitrogen and oxygen atoms in total. The molecule has 0 atom stereocenters. The molecule has 0 saturated heterocycles. The number of carbonyl (C=O) groups is 2. The molecule has 1 rings (SSSR count). The fourth-order valence-corrected chi connectivity index (χ4v) is 1.22. The predicted molar refractivity (Wildman–Crippen MR) is 63.5 cm³/mol. The van der Waals surface area contributed by atoms with Crippen molar-refractivity contribution in [1.29, 1.82) is 0 Å². The first-order chi connectivity index (χ1) is 8.58. The quantitative estimate of drug-likeness (QED) is 0.645. The number of rotatable bonds is 3. The van der Waals surface area contributed by atoms with E-state index >= 15 is 0 Å². The van der Waals surface area contributed by atoms with Crippen LogP contribution in [0, 0.1) is 11.8 Å². The normalized spacial score (nSPS) is 9.00. The van der Waals surface area contributed by atoms with Crippen LogP contribution in [0.15, 0.2) is 18.2 Å². The molecule has 0 aliphatic rings. The van der Waals surface area contributed by atoms with E-state index in [4.69, 9.17) is 9.84 Å². The van der Waals surface area contributed by atoms with Crippen LogP contribution in [0.3, 0.4) is 0 Å². The topological polar surface area (TPSA) is 72.8 Å². The highest BCUT2D eigenvalue weighted by atomic mass is 16.5. The molecule has 0 fully saturated rings. The first kappa shape index (κ1) is 13.6. The van der Waals surface area contributed by atoms with Gasteiger partial charge in [-0.2, -0.15) is 0 Å². The van der Waals surface area contributed by atoms with Crippen LogP contribution >= 0.6 is 0 Å². The van der Waals surface area contributed by atoms with E-state index in [1.54, 1.807) is 6.07 Å². The van der Waals surface area contributed by atoms with Crippen molar-refractivity contribution in [3.8, 4) is 17.6 Å². The maximum absolute atomic E-state index is 11.0.